The molecule has 1 aliphatic heterocycles. The smallest absolute Gasteiger partial charge is 0.220 e. The minimum atomic E-state index is -0.849. The van der Waals surface area contributed by atoms with Crippen LogP contribution >= 0.6 is 0 Å². The van der Waals surface area contributed by atoms with Crippen LogP contribution in [0.2, 0.25) is 0 Å². The largest absolute Gasteiger partial charge is 0.385 e. The number of halogens is 2. The summed E-state index contributed by atoms with van der Waals surface area (Å²) in [7, 11) is 1.60. The number of rotatable bonds is 6. The quantitative estimate of drug-likeness (QED) is 0.790. The van der Waals surface area contributed by atoms with E-state index in [1.807, 2.05) is 0 Å². The van der Waals surface area contributed by atoms with Crippen LogP contribution in [0.1, 0.15) is 30.7 Å². The number of piperidine rings is 1. The fraction of sp³-hybridized carbons (Fsp3) is 0.562. The third-order valence-electron chi connectivity index (χ3n) is 3.95. The van der Waals surface area contributed by atoms with E-state index in [2.05, 4.69) is 10.6 Å². The van der Waals surface area contributed by atoms with Gasteiger partial charge in [0.25, 0.3) is 0 Å². The van der Waals surface area contributed by atoms with Gasteiger partial charge in [0.05, 0.1) is 0 Å². The molecule has 0 aliphatic carbocycles. The van der Waals surface area contributed by atoms with Crippen molar-refractivity contribution in [1.82, 2.24) is 10.6 Å². The molecule has 1 fully saturated rings. The molecular formula is C16H22F2N2O2. The minimum absolute atomic E-state index is 0.0114. The monoisotopic (exact) mass is 312 g/mol. The zero-order valence-corrected chi connectivity index (χ0v) is 12.7. The maximum Gasteiger partial charge on any atom is 0.220 e. The van der Waals surface area contributed by atoms with E-state index in [0.29, 0.717) is 26.0 Å². The number of nitrogens with one attached hydrogen (secondary N) is 2. The summed E-state index contributed by atoms with van der Waals surface area (Å²) in [5, 5.41) is 6.21. The SMILES string of the molecule is COCCCC(=O)NC1CNCCC1c1ccc(F)c(F)c1. The molecule has 2 N–H and O–H groups in total. The molecular weight excluding hydrogens is 290 g/mol. The van der Waals surface area contributed by atoms with Crippen LogP contribution in [0.25, 0.3) is 0 Å². The predicted octanol–water partition coefficient (Wildman–Crippen LogP) is 1.95. The van der Waals surface area contributed by atoms with Crippen LogP contribution in [-0.4, -0.2) is 38.8 Å². The molecule has 1 heterocycles. The predicted molar refractivity (Wildman–Crippen MR) is 79.6 cm³/mol. The van der Waals surface area contributed by atoms with Gasteiger partial charge in [0.1, 0.15) is 0 Å². The molecule has 0 radical (unpaired) electrons. The van der Waals surface area contributed by atoms with Crippen molar-refractivity contribution in [3.8, 4) is 0 Å². The number of carbonyl (C=O) groups excluding carboxylic acids is 1. The van der Waals surface area contributed by atoms with Gasteiger partial charge in [-0.2, -0.15) is 0 Å². The highest BCUT2D eigenvalue weighted by atomic mass is 19.2. The molecule has 6 heteroatoms. The number of amides is 1. The maximum absolute atomic E-state index is 13.4. The molecule has 1 saturated heterocycles. The number of methoxy groups -OCH3 is 1. The third-order valence-corrected chi connectivity index (χ3v) is 3.95. The average molecular weight is 312 g/mol. The van der Waals surface area contributed by atoms with E-state index in [1.165, 1.54) is 6.07 Å². The van der Waals surface area contributed by atoms with Gasteiger partial charge in [0.2, 0.25) is 5.91 Å². The molecule has 2 atom stereocenters. The first-order valence-electron chi connectivity index (χ1n) is 7.55. The summed E-state index contributed by atoms with van der Waals surface area (Å²) in [4.78, 5) is 12.0. The Bertz CT molecular complexity index is 511. The molecule has 2 unspecified atom stereocenters. The van der Waals surface area contributed by atoms with Crippen LogP contribution in [0.15, 0.2) is 18.2 Å². The number of benzene rings is 1. The average Bonchev–Trinajstić information content (AvgIpc) is 2.51. The van der Waals surface area contributed by atoms with Gasteiger partial charge in [-0.05, 0) is 37.1 Å². The molecule has 4 nitrogen and oxygen atoms in total. The summed E-state index contributed by atoms with van der Waals surface area (Å²) in [6.07, 6.45) is 1.83. The van der Waals surface area contributed by atoms with E-state index in [1.54, 1.807) is 13.2 Å². The zero-order valence-electron chi connectivity index (χ0n) is 12.7. The Labute approximate surface area is 129 Å². The molecule has 1 aromatic rings. The minimum Gasteiger partial charge on any atom is -0.385 e. The molecule has 2 rings (SSSR count). The first-order valence-corrected chi connectivity index (χ1v) is 7.55. The van der Waals surface area contributed by atoms with Gasteiger partial charge < -0.3 is 15.4 Å². The van der Waals surface area contributed by atoms with Gasteiger partial charge in [-0.25, -0.2) is 8.78 Å². The van der Waals surface area contributed by atoms with Gasteiger partial charge in [-0.15, -0.1) is 0 Å². The van der Waals surface area contributed by atoms with Crippen LogP contribution < -0.4 is 10.6 Å². The molecule has 22 heavy (non-hydrogen) atoms. The van der Waals surface area contributed by atoms with Crippen LogP contribution in [0.5, 0.6) is 0 Å². The van der Waals surface area contributed by atoms with E-state index in [-0.39, 0.29) is 17.9 Å². The van der Waals surface area contributed by atoms with E-state index in [0.717, 1.165) is 24.6 Å². The van der Waals surface area contributed by atoms with Gasteiger partial charge >= 0.3 is 0 Å². The lowest BCUT2D eigenvalue weighted by molar-refractivity contribution is -0.122. The highest BCUT2D eigenvalue weighted by Gasteiger charge is 2.28. The van der Waals surface area contributed by atoms with Gasteiger partial charge in [-0.1, -0.05) is 6.07 Å². The Hall–Kier alpha value is -1.53. The summed E-state index contributed by atoms with van der Waals surface area (Å²) in [5.41, 5.74) is 0.725. The first-order chi connectivity index (χ1) is 10.6. The summed E-state index contributed by atoms with van der Waals surface area (Å²) in [5.74, 6) is -1.75. The molecule has 0 aromatic heterocycles. The molecule has 122 valence electrons. The lowest BCUT2D eigenvalue weighted by atomic mass is 9.86. The normalized spacial score (nSPS) is 21.6. The van der Waals surface area contributed by atoms with E-state index < -0.39 is 11.6 Å². The van der Waals surface area contributed by atoms with Gasteiger partial charge in [0.15, 0.2) is 11.6 Å². The van der Waals surface area contributed by atoms with E-state index in [4.69, 9.17) is 4.74 Å². The van der Waals surface area contributed by atoms with Crippen LogP contribution in [-0.2, 0) is 9.53 Å². The Balaban J connectivity index is 2.01. The topological polar surface area (TPSA) is 50.4 Å². The molecule has 0 spiro atoms. The lowest BCUT2D eigenvalue weighted by Crippen LogP contribution is -2.50. The highest BCUT2D eigenvalue weighted by Crippen LogP contribution is 2.27. The Morgan fingerprint density at radius 3 is 2.95 bits per heavy atom. The van der Waals surface area contributed by atoms with E-state index >= 15 is 0 Å². The van der Waals surface area contributed by atoms with Crippen molar-refractivity contribution in [3.63, 3.8) is 0 Å². The fourth-order valence-electron chi connectivity index (χ4n) is 2.81. The first kappa shape index (κ1) is 16.8. The number of carbonyl (C=O) groups is 1. The second-order valence-corrected chi connectivity index (χ2v) is 5.54. The summed E-state index contributed by atoms with van der Waals surface area (Å²) >= 11 is 0. The second-order valence-electron chi connectivity index (χ2n) is 5.54. The second kappa shape index (κ2) is 8.19. The molecule has 1 aliphatic rings. The number of hydrogen-bond donors (Lipinski definition) is 2. The van der Waals surface area contributed by atoms with E-state index in [9.17, 15) is 13.6 Å². The number of ether oxygens (including phenoxy) is 1. The Morgan fingerprint density at radius 2 is 2.23 bits per heavy atom. The van der Waals surface area contributed by atoms with Gasteiger partial charge in [-0.3, -0.25) is 4.79 Å². The highest BCUT2D eigenvalue weighted by molar-refractivity contribution is 5.76. The third kappa shape index (κ3) is 4.48. The maximum atomic E-state index is 13.4. The summed E-state index contributed by atoms with van der Waals surface area (Å²) in [6, 6.07) is 3.85. The van der Waals surface area contributed by atoms with Crippen molar-refractivity contribution in [2.75, 3.05) is 26.8 Å². The van der Waals surface area contributed by atoms with Crippen molar-refractivity contribution in [1.29, 1.82) is 0 Å². The molecule has 1 amide bonds. The van der Waals surface area contributed by atoms with Crippen LogP contribution in [0.4, 0.5) is 8.78 Å². The van der Waals surface area contributed by atoms with Crippen molar-refractivity contribution < 1.29 is 18.3 Å². The van der Waals surface area contributed by atoms with Crippen molar-refractivity contribution >= 4 is 5.91 Å². The zero-order chi connectivity index (χ0) is 15.9. The van der Waals surface area contributed by atoms with Crippen molar-refractivity contribution in [3.05, 3.63) is 35.4 Å². The number of hydrogen-bond acceptors (Lipinski definition) is 3. The van der Waals surface area contributed by atoms with Crippen LogP contribution in [0.3, 0.4) is 0 Å². The van der Waals surface area contributed by atoms with Gasteiger partial charge in [0, 0.05) is 38.6 Å². The summed E-state index contributed by atoms with van der Waals surface area (Å²) < 4.78 is 31.4. The summed E-state index contributed by atoms with van der Waals surface area (Å²) in [6.45, 7) is 1.96. The van der Waals surface area contributed by atoms with Crippen molar-refractivity contribution in [2.24, 2.45) is 0 Å². The molecule has 1 aromatic carbocycles. The standard InChI is InChI=1S/C16H22F2N2O2/c1-22-8-2-3-16(21)20-15-10-19-7-6-12(15)11-4-5-13(17)14(18)9-11/h4-5,9,12,15,19H,2-3,6-8,10H2,1H3,(H,20,21). The fourth-order valence-corrected chi connectivity index (χ4v) is 2.81. The lowest BCUT2D eigenvalue weighted by Gasteiger charge is -2.33. The van der Waals surface area contributed by atoms with Crippen LogP contribution in [0, 0.1) is 11.6 Å². The Morgan fingerprint density at radius 1 is 1.41 bits per heavy atom. The molecule has 0 bridgehead atoms. The molecule has 0 saturated carbocycles. The Kier molecular flexibility index (Phi) is 6.27. The van der Waals surface area contributed by atoms with Crippen molar-refractivity contribution in [2.45, 2.75) is 31.2 Å².